The van der Waals surface area contributed by atoms with Crippen LogP contribution in [0.25, 0.3) is 0 Å². The number of pyridine rings is 1. The zero-order valence-electron chi connectivity index (χ0n) is 9.03. The summed E-state index contributed by atoms with van der Waals surface area (Å²) in [5.41, 5.74) is 0. The van der Waals surface area contributed by atoms with E-state index < -0.39 is 8.26 Å². The number of para-hydroxylation sites is 1. The zero-order chi connectivity index (χ0) is 13.4. The summed E-state index contributed by atoms with van der Waals surface area (Å²) in [7, 11) is 4.81. The summed E-state index contributed by atoms with van der Waals surface area (Å²) < 4.78 is 23.8. The molecule has 0 aliphatic heterocycles. The van der Waals surface area contributed by atoms with Gasteiger partial charge in [0.15, 0.2) is 0 Å². The van der Waals surface area contributed by atoms with Gasteiger partial charge in [0.1, 0.15) is 5.75 Å². The lowest BCUT2D eigenvalue weighted by molar-refractivity contribution is 0.463. The molecule has 1 heterocycles. The minimum Gasteiger partial charge on any atom is -0.439 e. The summed E-state index contributed by atoms with van der Waals surface area (Å²) >= 11 is 0. The molecule has 18 heavy (non-hydrogen) atoms. The van der Waals surface area contributed by atoms with Crippen LogP contribution >= 0.6 is 21.4 Å². The Hall–Kier alpha value is -1.30. The number of hydrogen-bond donors (Lipinski definition) is 0. The summed E-state index contributed by atoms with van der Waals surface area (Å²) in [6.45, 7) is 0. The molecule has 96 valence electrons. The maximum atomic E-state index is 9.16. The van der Waals surface area contributed by atoms with Crippen molar-refractivity contribution in [1.82, 2.24) is 4.98 Å². The minimum atomic E-state index is -3.72. The summed E-state index contributed by atoms with van der Waals surface area (Å²) in [6, 6.07) is 15.2. The molecule has 1 aromatic heterocycles. The lowest BCUT2D eigenvalue weighted by Crippen LogP contribution is -1.85. The van der Waals surface area contributed by atoms with Gasteiger partial charge in [-0.1, -0.05) is 24.3 Å². The Balaban J connectivity index is 0.000000280. The van der Waals surface area contributed by atoms with E-state index in [0.29, 0.717) is 5.88 Å². The molecule has 4 nitrogen and oxygen atoms in total. The van der Waals surface area contributed by atoms with Crippen LogP contribution < -0.4 is 4.74 Å². The molecule has 0 radical (unpaired) electrons. The molecule has 0 N–H and O–H groups in total. The van der Waals surface area contributed by atoms with E-state index in [-0.39, 0.29) is 0 Å². The summed E-state index contributed by atoms with van der Waals surface area (Å²) in [4.78, 5) is 4.05. The lowest BCUT2D eigenvalue weighted by Gasteiger charge is -2.02. The highest BCUT2D eigenvalue weighted by atomic mass is 36.0. The Bertz CT molecular complexity index is 516. The number of aromatic nitrogens is 1. The molecular weight excluding hydrogens is 297 g/mol. The first-order valence-corrected chi connectivity index (χ1v) is 7.87. The van der Waals surface area contributed by atoms with Crippen LogP contribution in [0.3, 0.4) is 0 Å². The van der Waals surface area contributed by atoms with E-state index in [1.54, 1.807) is 6.20 Å². The molecule has 0 atom stereocenters. The normalized spacial score (nSPS) is 10.1. The number of hydrogen-bond acceptors (Lipinski definition) is 4. The fourth-order valence-electron chi connectivity index (χ4n) is 1.02. The Morgan fingerprint density at radius 3 is 2.00 bits per heavy atom. The third-order valence-electron chi connectivity index (χ3n) is 1.60. The monoisotopic (exact) mass is 305 g/mol. The van der Waals surface area contributed by atoms with Crippen molar-refractivity contribution in [3.05, 3.63) is 54.7 Å². The van der Waals surface area contributed by atoms with Crippen LogP contribution in [0.4, 0.5) is 0 Å². The van der Waals surface area contributed by atoms with Crippen molar-refractivity contribution >= 4 is 29.6 Å². The highest BCUT2D eigenvalue weighted by Crippen LogP contribution is 2.17. The highest BCUT2D eigenvalue weighted by molar-refractivity contribution is 8.31. The zero-order valence-corrected chi connectivity index (χ0v) is 11.4. The van der Waals surface area contributed by atoms with E-state index in [2.05, 4.69) is 26.3 Å². The van der Waals surface area contributed by atoms with Crippen LogP contribution in [0.1, 0.15) is 0 Å². The molecule has 0 fully saturated rings. The van der Waals surface area contributed by atoms with Crippen LogP contribution in [0.2, 0.25) is 0 Å². The van der Waals surface area contributed by atoms with Crippen molar-refractivity contribution < 1.29 is 13.2 Å². The molecule has 2 rings (SSSR count). The van der Waals surface area contributed by atoms with Gasteiger partial charge < -0.3 is 4.74 Å². The summed E-state index contributed by atoms with van der Waals surface area (Å²) in [5.74, 6) is 1.43. The van der Waals surface area contributed by atoms with Gasteiger partial charge in [-0.2, -0.15) is 8.42 Å². The molecule has 0 bridgehead atoms. The summed E-state index contributed by atoms with van der Waals surface area (Å²) in [6.07, 6.45) is 1.71. The van der Waals surface area contributed by atoms with E-state index in [0.717, 1.165) is 5.75 Å². The molecule has 0 spiro atoms. The van der Waals surface area contributed by atoms with Crippen LogP contribution in [-0.2, 0) is 8.26 Å². The van der Waals surface area contributed by atoms with Crippen molar-refractivity contribution in [3.8, 4) is 11.6 Å². The fraction of sp³-hybridized carbons (Fsp3) is 0. The lowest BCUT2D eigenvalue weighted by atomic mass is 10.3. The Kier molecular flexibility index (Phi) is 5.91. The topological polar surface area (TPSA) is 56.3 Å². The number of benzene rings is 1. The van der Waals surface area contributed by atoms with Crippen LogP contribution in [-0.4, -0.2) is 13.4 Å². The molecule has 1 aromatic carbocycles. The Morgan fingerprint density at radius 1 is 0.944 bits per heavy atom. The van der Waals surface area contributed by atoms with E-state index >= 15 is 0 Å². The van der Waals surface area contributed by atoms with Crippen LogP contribution in [0.5, 0.6) is 11.6 Å². The van der Waals surface area contributed by atoms with Gasteiger partial charge in [-0.15, -0.1) is 0 Å². The highest BCUT2D eigenvalue weighted by Gasteiger charge is 1.94. The predicted molar refractivity (Wildman–Crippen MR) is 71.4 cm³/mol. The molecular formula is C11H9Cl2NO3S. The smallest absolute Gasteiger partial charge is 0.317 e. The number of ether oxygens (including phenoxy) is 1. The molecule has 2 aromatic rings. The first-order chi connectivity index (χ1) is 8.45. The van der Waals surface area contributed by atoms with E-state index in [1.165, 1.54) is 0 Å². The van der Waals surface area contributed by atoms with Gasteiger partial charge in [0.25, 0.3) is 0 Å². The number of halogens is 2. The maximum Gasteiger partial charge on any atom is 0.317 e. The third kappa shape index (κ3) is 7.89. The maximum absolute atomic E-state index is 9.16. The van der Waals surface area contributed by atoms with Crippen molar-refractivity contribution in [1.29, 1.82) is 0 Å². The van der Waals surface area contributed by atoms with Gasteiger partial charge in [-0.25, -0.2) is 4.98 Å². The number of nitrogens with zero attached hydrogens (tertiary/aromatic N) is 1. The molecule has 0 saturated carbocycles. The quantitative estimate of drug-likeness (QED) is 0.796. The van der Waals surface area contributed by atoms with E-state index in [1.807, 2.05) is 48.5 Å². The van der Waals surface area contributed by atoms with E-state index in [9.17, 15) is 0 Å². The van der Waals surface area contributed by atoms with Crippen molar-refractivity contribution in [3.63, 3.8) is 0 Å². The molecule has 0 aliphatic rings. The van der Waals surface area contributed by atoms with Gasteiger partial charge in [-0.05, 0) is 18.2 Å². The fourth-order valence-corrected chi connectivity index (χ4v) is 1.02. The Morgan fingerprint density at radius 2 is 1.50 bits per heavy atom. The standard InChI is InChI=1S/C11H9NO.Cl2O2S/c1-2-6-10(7-3-1)13-11-8-4-5-9-12-11;1-5(2,3)4/h1-9H;. The molecule has 0 saturated heterocycles. The van der Waals surface area contributed by atoms with Gasteiger partial charge in [0, 0.05) is 33.6 Å². The predicted octanol–water partition coefficient (Wildman–Crippen LogP) is 3.58. The van der Waals surface area contributed by atoms with Gasteiger partial charge in [0.2, 0.25) is 5.88 Å². The van der Waals surface area contributed by atoms with Gasteiger partial charge in [0.05, 0.1) is 0 Å². The second kappa shape index (κ2) is 7.20. The van der Waals surface area contributed by atoms with Gasteiger partial charge in [-0.3, -0.25) is 0 Å². The van der Waals surface area contributed by atoms with E-state index in [4.69, 9.17) is 13.2 Å². The third-order valence-corrected chi connectivity index (χ3v) is 1.60. The Labute approximate surface area is 114 Å². The number of rotatable bonds is 2. The summed E-state index contributed by atoms with van der Waals surface area (Å²) in [5, 5.41) is 0. The van der Waals surface area contributed by atoms with Crippen molar-refractivity contribution in [2.45, 2.75) is 0 Å². The average Bonchev–Trinajstić information content (AvgIpc) is 2.29. The average molecular weight is 306 g/mol. The largest absolute Gasteiger partial charge is 0.439 e. The molecule has 0 aliphatic carbocycles. The SMILES string of the molecule is O=S(=O)(Cl)Cl.c1ccc(Oc2ccccn2)cc1. The van der Waals surface area contributed by atoms with Gasteiger partial charge >= 0.3 is 8.26 Å². The first-order valence-electron chi connectivity index (χ1n) is 4.73. The van der Waals surface area contributed by atoms with Crippen LogP contribution in [0.15, 0.2) is 54.7 Å². The molecule has 0 amide bonds. The van der Waals surface area contributed by atoms with Crippen LogP contribution in [0, 0.1) is 0 Å². The molecule has 7 heteroatoms. The second-order valence-electron chi connectivity index (χ2n) is 2.96. The molecule has 0 unspecified atom stereocenters. The first kappa shape index (κ1) is 14.8. The second-order valence-corrected chi connectivity index (χ2v) is 6.63. The van der Waals surface area contributed by atoms with Crippen molar-refractivity contribution in [2.24, 2.45) is 0 Å². The van der Waals surface area contributed by atoms with Crippen molar-refractivity contribution in [2.75, 3.05) is 0 Å². The minimum absolute atomic E-state index is 0.619.